The van der Waals surface area contributed by atoms with E-state index >= 15 is 0 Å². The van der Waals surface area contributed by atoms with E-state index in [1.54, 1.807) is 6.20 Å². The second kappa shape index (κ2) is 7.00. The van der Waals surface area contributed by atoms with Crippen molar-refractivity contribution < 1.29 is 4.79 Å². The Balaban J connectivity index is 2.08. The number of nitrogens with one attached hydrogen (secondary N) is 2. The minimum atomic E-state index is 0.0229. The van der Waals surface area contributed by atoms with Crippen LogP contribution in [0.2, 0.25) is 0 Å². The summed E-state index contributed by atoms with van der Waals surface area (Å²) in [5.41, 5.74) is 0. The summed E-state index contributed by atoms with van der Waals surface area (Å²) < 4.78 is 1.86. The molecule has 0 aliphatic carbocycles. The van der Waals surface area contributed by atoms with Crippen molar-refractivity contribution in [3.63, 3.8) is 0 Å². The van der Waals surface area contributed by atoms with Crippen LogP contribution in [0.1, 0.15) is 13.3 Å². The highest BCUT2D eigenvalue weighted by Gasteiger charge is 2.10. The monoisotopic (exact) mass is 224 g/mol. The first-order valence-electron chi connectivity index (χ1n) is 5.63. The topological polar surface area (TPSA) is 59.0 Å². The van der Waals surface area contributed by atoms with E-state index < -0.39 is 0 Å². The van der Waals surface area contributed by atoms with Gasteiger partial charge in [0.2, 0.25) is 5.91 Å². The van der Waals surface area contributed by atoms with Crippen molar-refractivity contribution in [1.82, 2.24) is 20.4 Å². The number of aryl methyl sites for hydroxylation is 1. The van der Waals surface area contributed by atoms with Gasteiger partial charge in [0.15, 0.2) is 0 Å². The highest BCUT2D eigenvalue weighted by molar-refractivity contribution is 5.78. The van der Waals surface area contributed by atoms with Gasteiger partial charge in [0.25, 0.3) is 0 Å². The Kier molecular flexibility index (Phi) is 5.56. The molecule has 0 saturated heterocycles. The van der Waals surface area contributed by atoms with Gasteiger partial charge in [-0.2, -0.15) is 5.10 Å². The lowest BCUT2D eigenvalue weighted by Crippen LogP contribution is -2.35. The predicted molar refractivity (Wildman–Crippen MR) is 62.9 cm³/mol. The lowest BCUT2D eigenvalue weighted by atomic mass is 10.1. The summed E-state index contributed by atoms with van der Waals surface area (Å²) >= 11 is 0. The summed E-state index contributed by atoms with van der Waals surface area (Å²) in [6.45, 7) is 4.17. The lowest BCUT2D eigenvalue weighted by molar-refractivity contribution is -0.124. The molecule has 5 nitrogen and oxygen atoms in total. The summed E-state index contributed by atoms with van der Waals surface area (Å²) in [5, 5.41) is 9.99. The van der Waals surface area contributed by atoms with E-state index in [1.165, 1.54) is 0 Å². The second-order valence-electron chi connectivity index (χ2n) is 3.87. The number of nitrogens with zero attached hydrogens (tertiary/aromatic N) is 2. The number of amides is 1. The molecule has 16 heavy (non-hydrogen) atoms. The van der Waals surface area contributed by atoms with Crippen LogP contribution in [0.5, 0.6) is 0 Å². The van der Waals surface area contributed by atoms with Crippen molar-refractivity contribution in [2.45, 2.75) is 19.9 Å². The van der Waals surface area contributed by atoms with Crippen molar-refractivity contribution >= 4 is 5.91 Å². The average molecular weight is 224 g/mol. The van der Waals surface area contributed by atoms with Crippen molar-refractivity contribution in [2.24, 2.45) is 5.92 Å². The number of hydrogen-bond donors (Lipinski definition) is 2. The number of aromatic nitrogens is 2. The molecule has 1 atom stereocenters. The highest BCUT2D eigenvalue weighted by Crippen LogP contribution is 1.93. The van der Waals surface area contributed by atoms with Crippen LogP contribution in [0, 0.1) is 5.92 Å². The first kappa shape index (κ1) is 12.7. The molecular weight excluding hydrogens is 204 g/mol. The first-order valence-corrected chi connectivity index (χ1v) is 5.63. The van der Waals surface area contributed by atoms with Crippen LogP contribution in [0.4, 0.5) is 0 Å². The molecule has 1 unspecified atom stereocenters. The van der Waals surface area contributed by atoms with Gasteiger partial charge in [-0.05, 0) is 19.5 Å². The molecule has 90 valence electrons. The lowest BCUT2D eigenvalue weighted by Gasteiger charge is -2.11. The summed E-state index contributed by atoms with van der Waals surface area (Å²) in [5.74, 6) is 0.129. The van der Waals surface area contributed by atoms with Gasteiger partial charge < -0.3 is 10.6 Å². The van der Waals surface area contributed by atoms with Crippen LogP contribution in [-0.2, 0) is 11.3 Å². The molecule has 0 aliphatic rings. The van der Waals surface area contributed by atoms with E-state index in [9.17, 15) is 4.79 Å². The predicted octanol–water partition coefficient (Wildman–Crippen LogP) is 0.245. The third-order valence-corrected chi connectivity index (χ3v) is 2.38. The van der Waals surface area contributed by atoms with Crippen LogP contribution in [0.25, 0.3) is 0 Å². The fourth-order valence-electron chi connectivity index (χ4n) is 1.46. The molecule has 1 heterocycles. The zero-order valence-corrected chi connectivity index (χ0v) is 9.94. The maximum absolute atomic E-state index is 11.5. The smallest absolute Gasteiger partial charge is 0.224 e. The van der Waals surface area contributed by atoms with Crippen LogP contribution >= 0.6 is 0 Å². The van der Waals surface area contributed by atoms with Gasteiger partial charge in [-0.3, -0.25) is 9.48 Å². The van der Waals surface area contributed by atoms with E-state index in [-0.39, 0.29) is 11.8 Å². The first-order chi connectivity index (χ1) is 7.74. The Labute approximate surface area is 96.2 Å². The number of hydrogen-bond acceptors (Lipinski definition) is 3. The molecule has 5 heteroatoms. The fraction of sp³-hybridized carbons (Fsp3) is 0.636. The van der Waals surface area contributed by atoms with E-state index in [4.69, 9.17) is 0 Å². The molecule has 1 aromatic heterocycles. The largest absolute Gasteiger partial charge is 0.356 e. The van der Waals surface area contributed by atoms with Gasteiger partial charge in [-0.15, -0.1) is 0 Å². The van der Waals surface area contributed by atoms with E-state index in [2.05, 4.69) is 15.7 Å². The van der Waals surface area contributed by atoms with Gasteiger partial charge >= 0.3 is 0 Å². The standard InChI is InChI=1S/C11H20N4O/c1-10(9-12-2)11(16)13-5-3-7-15-8-4-6-14-15/h4,6,8,10,12H,3,5,7,9H2,1-2H3,(H,13,16). The van der Waals surface area contributed by atoms with Crippen LogP contribution in [0.3, 0.4) is 0 Å². The molecule has 0 radical (unpaired) electrons. The molecule has 0 aromatic carbocycles. The Morgan fingerprint density at radius 2 is 2.38 bits per heavy atom. The Morgan fingerprint density at radius 1 is 1.56 bits per heavy atom. The summed E-state index contributed by atoms with van der Waals surface area (Å²) in [6.07, 6.45) is 4.58. The number of rotatable bonds is 7. The van der Waals surface area contributed by atoms with E-state index in [0.717, 1.165) is 13.0 Å². The highest BCUT2D eigenvalue weighted by atomic mass is 16.1. The van der Waals surface area contributed by atoms with Crippen LogP contribution in [-0.4, -0.2) is 35.8 Å². The zero-order chi connectivity index (χ0) is 11.8. The molecular formula is C11H20N4O. The summed E-state index contributed by atoms with van der Waals surface area (Å²) in [6, 6.07) is 1.90. The number of carbonyl (C=O) groups is 1. The quantitative estimate of drug-likeness (QED) is 0.652. The summed E-state index contributed by atoms with van der Waals surface area (Å²) in [7, 11) is 1.85. The van der Waals surface area contributed by atoms with Gasteiger partial charge in [0, 0.05) is 37.9 Å². The molecule has 1 aromatic rings. The number of carbonyl (C=O) groups excluding carboxylic acids is 1. The van der Waals surface area contributed by atoms with Crippen molar-refractivity contribution in [3.05, 3.63) is 18.5 Å². The molecule has 1 rings (SSSR count). The van der Waals surface area contributed by atoms with Crippen LogP contribution in [0.15, 0.2) is 18.5 Å². The molecule has 0 bridgehead atoms. The molecule has 0 fully saturated rings. The maximum Gasteiger partial charge on any atom is 0.224 e. The molecule has 2 N–H and O–H groups in total. The Morgan fingerprint density at radius 3 is 3.00 bits per heavy atom. The average Bonchev–Trinajstić information content (AvgIpc) is 2.77. The van der Waals surface area contributed by atoms with Gasteiger partial charge in [-0.25, -0.2) is 0 Å². The van der Waals surface area contributed by atoms with Crippen molar-refractivity contribution in [1.29, 1.82) is 0 Å². The molecule has 0 saturated carbocycles. The minimum Gasteiger partial charge on any atom is -0.356 e. The fourth-order valence-corrected chi connectivity index (χ4v) is 1.46. The third kappa shape index (κ3) is 4.44. The Bertz CT molecular complexity index is 297. The van der Waals surface area contributed by atoms with Crippen molar-refractivity contribution in [2.75, 3.05) is 20.1 Å². The molecule has 0 aliphatic heterocycles. The van der Waals surface area contributed by atoms with Crippen molar-refractivity contribution in [3.8, 4) is 0 Å². The van der Waals surface area contributed by atoms with E-state index in [1.807, 2.05) is 30.9 Å². The van der Waals surface area contributed by atoms with Gasteiger partial charge in [0.05, 0.1) is 0 Å². The molecule has 0 spiro atoms. The van der Waals surface area contributed by atoms with E-state index in [0.29, 0.717) is 13.1 Å². The molecule has 1 amide bonds. The SMILES string of the molecule is CNCC(C)C(=O)NCCCn1cccn1. The normalized spacial score (nSPS) is 12.4. The second-order valence-corrected chi connectivity index (χ2v) is 3.87. The third-order valence-electron chi connectivity index (χ3n) is 2.38. The zero-order valence-electron chi connectivity index (χ0n) is 9.94. The maximum atomic E-state index is 11.5. The summed E-state index contributed by atoms with van der Waals surface area (Å²) in [4.78, 5) is 11.5. The van der Waals surface area contributed by atoms with Crippen LogP contribution < -0.4 is 10.6 Å². The van der Waals surface area contributed by atoms with Gasteiger partial charge in [-0.1, -0.05) is 6.92 Å². The van der Waals surface area contributed by atoms with Gasteiger partial charge in [0.1, 0.15) is 0 Å². The minimum absolute atomic E-state index is 0.0229. The Hall–Kier alpha value is -1.36.